The molecule has 2 heterocycles. The topological polar surface area (TPSA) is 76.1 Å². The molecule has 1 N–H and O–H groups in total. The van der Waals surface area contributed by atoms with Gasteiger partial charge in [-0.1, -0.05) is 48.9 Å². The maximum absolute atomic E-state index is 13.3. The van der Waals surface area contributed by atoms with Crippen molar-refractivity contribution in [2.45, 2.75) is 45.6 Å². The second-order valence-corrected chi connectivity index (χ2v) is 10.4. The zero-order valence-corrected chi connectivity index (χ0v) is 21.6. The molecular weight excluding hydrogens is 466 g/mol. The number of carbonyl (C=O) groups excluding carboxylic acids is 2. The van der Waals surface area contributed by atoms with Crippen LogP contribution < -0.4 is 4.74 Å². The molecule has 0 spiro atoms. The summed E-state index contributed by atoms with van der Waals surface area (Å²) in [6.07, 6.45) is 5.00. The molecule has 2 fully saturated rings. The number of carbonyl (C=O) groups is 2. The Labute approximate surface area is 218 Å². The van der Waals surface area contributed by atoms with Crippen molar-refractivity contribution in [3.63, 3.8) is 0 Å². The Kier molecular flexibility index (Phi) is 7.47. The fourth-order valence-electron chi connectivity index (χ4n) is 6.09. The van der Waals surface area contributed by atoms with E-state index in [9.17, 15) is 14.7 Å². The summed E-state index contributed by atoms with van der Waals surface area (Å²) in [6.45, 7) is 5.44. The number of fused-ring (bicyclic) bond motifs is 3. The Balaban J connectivity index is 1.38. The van der Waals surface area contributed by atoms with Crippen LogP contribution in [-0.2, 0) is 14.3 Å². The average Bonchev–Trinajstić information content (AvgIpc) is 3.43. The molecule has 2 amide bonds. The lowest BCUT2D eigenvalue weighted by Gasteiger charge is -2.31. The van der Waals surface area contributed by atoms with Crippen molar-refractivity contribution in [3.05, 3.63) is 76.9 Å². The van der Waals surface area contributed by atoms with Gasteiger partial charge in [0, 0.05) is 12.5 Å². The number of ether oxygens (including phenoxy) is 2. The van der Waals surface area contributed by atoms with Gasteiger partial charge in [0.05, 0.1) is 24.5 Å². The lowest BCUT2D eigenvalue weighted by atomic mass is 9.69. The molecule has 0 bridgehead atoms. The lowest BCUT2D eigenvalue weighted by molar-refractivity contribution is -0.140. The average molecular weight is 502 g/mol. The van der Waals surface area contributed by atoms with E-state index in [0.29, 0.717) is 26.2 Å². The molecule has 194 valence electrons. The van der Waals surface area contributed by atoms with Crippen LogP contribution in [0.1, 0.15) is 45.1 Å². The van der Waals surface area contributed by atoms with Crippen LogP contribution >= 0.6 is 0 Å². The zero-order valence-electron chi connectivity index (χ0n) is 21.6. The normalized spacial score (nSPS) is 25.5. The first-order valence-corrected chi connectivity index (χ1v) is 13.3. The number of likely N-dealkylation sites (tertiary alicyclic amines) is 1. The number of phenolic OH excluding ortho intramolecular Hbond substituents is 1. The second kappa shape index (κ2) is 10.9. The number of rotatable bonds is 9. The molecule has 1 aliphatic carbocycles. The van der Waals surface area contributed by atoms with Crippen molar-refractivity contribution in [1.29, 1.82) is 0 Å². The first-order chi connectivity index (χ1) is 18.0. The SMILES string of the molecule is CCCN1C(=O)[C@@H]2[C@@H](CC(COc3ccccc3)=C3[C@@H](CC/C(C)=C/c4ccc(O)cc4)OC[C@@H]32)C1=O. The summed E-state index contributed by atoms with van der Waals surface area (Å²) in [5.41, 5.74) is 4.55. The molecule has 0 unspecified atom stereocenters. The van der Waals surface area contributed by atoms with Gasteiger partial charge in [-0.15, -0.1) is 0 Å². The predicted octanol–water partition coefficient (Wildman–Crippen LogP) is 5.38. The molecule has 0 saturated carbocycles. The van der Waals surface area contributed by atoms with E-state index < -0.39 is 0 Å². The zero-order chi connectivity index (χ0) is 25.9. The molecule has 2 saturated heterocycles. The summed E-state index contributed by atoms with van der Waals surface area (Å²) in [6, 6.07) is 16.9. The standard InChI is InChI=1S/C31H35NO5/c1-3-15-32-30(34)25-17-22(18-36-24-7-5-4-6-8-24)28-26(29(25)31(32)35)19-37-27(28)14-9-20(2)16-21-10-12-23(33)13-11-21/h4-8,10-13,16,25-27,29,33H,3,9,14-15,17-19H2,1-2H3/b20-16+/t25-,26+,27-,29-/m1/s1. The van der Waals surface area contributed by atoms with Gasteiger partial charge in [0.2, 0.25) is 11.8 Å². The van der Waals surface area contributed by atoms with Crippen LogP contribution in [0.4, 0.5) is 0 Å². The van der Waals surface area contributed by atoms with E-state index >= 15 is 0 Å². The van der Waals surface area contributed by atoms with Crippen molar-refractivity contribution in [3.8, 4) is 11.5 Å². The molecule has 0 aromatic heterocycles. The van der Waals surface area contributed by atoms with Crippen LogP contribution in [0, 0.1) is 17.8 Å². The number of nitrogens with zero attached hydrogens (tertiary/aromatic N) is 1. The smallest absolute Gasteiger partial charge is 0.233 e. The van der Waals surface area contributed by atoms with E-state index in [1.54, 1.807) is 12.1 Å². The summed E-state index contributed by atoms with van der Waals surface area (Å²) in [5.74, 6) is 0.259. The van der Waals surface area contributed by atoms with E-state index in [-0.39, 0.29) is 41.4 Å². The first-order valence-electron chi connectivity index (χ1n) is 13.3. The number of allylic oxidation sites excluding steroid dienone is 1. The maximum atomic E-state index is 13.3. The molecule has 6 heteroatoms. The minimum atomic E-state index is -0.326. The summed E-state index contributed by atoms with van der Waals surface area (Å²) >= 11 is 0. The Morgan fingerprint density at radius 2 is 1.84 bits per heavy atom. The van der Waals surface area contributed by atoms with Crippen molar-refractivity contribution < 1.29 is 24.2 Å². The van der Waals surface area contributed by atoms with E-state index in [4.69, 9.17) is 9.47 Å². The van der Waals surface area contributed by atoms with Gasteiger partial charge in [-0.2, -0.15) is 0 Å². The predicted molar refractivity (Wildman–Crippen MR) is 142 cm³/mol. The van der Waals surface area contributed by atoms with Crippen LogP contribution in [0.15, 0.2) is 71.3 Å². The number of hydrogen-bond acceptors (Lipinski definition) is 5. The molecule has 3 aliphatic rings. The Hall–Kier alpha value is -3.38. The third kappa shape index (κ3) is 5.21. The van der Waals surface area contributed by atoms with E-state index in [0.717, 1.165) is 36.1 Å². The first kappa shape index (κ1) is 25.3. The number of benzene rings is 2. The van der Waals surface area contributed by atoms with Gasteiger partial charge in [0.25, 0.3) is 0 Å². The highest BCUT2D eigenvalue weighted by molar-refractivity contribution is 6.06. The summed E-state index contributed by atoms with van der Waals surface area (Å²) < 4.78 is 12.5. The highest BCUT2D eigenvalue weighted by Crippen LogP contribution is 2.50. The maximum Gasteiger partial charge on any atom is 0.233 e. The Bertz CT molecular complexity index is 1200. The van der Waals surface area contributed by atoms with Crippen LogP contribution in [0.5, 0.6) is 11.5 Å². The summed E-state index contributed by atoms with van der Waals surface area (Å²) in [4.78, 5) is 28.0. The van der Waals surface area contributed by atoms with Gasteiger partial charge >= 0.3 is 0 Å². The molecule has 2 aliphatic heterocycles. The Morgan fingerprint density at radius 1 is 1.08 bits per heavy atom. The number of amides is 2. The number of imide groups is 1. The molecule has 37 heavy (non-hydrogen) atoms. The minimum absolute atomic E-state index is 0.0324. The van der Waals surface area contributed by atoms with Crippen molar-refractivity contribution in [1.82, 2.24) is 4.90 Å². The van der Waals surface area contributed by atoms with Gasteiger partial charge in [-0.3, -0.25) is 14.5 Å². The van der Waals surface area contributed by atoms with Gasteiger partial charge in [-0.05, 0) is 73.6 Å². The third-order valence-electron chi connectivity index (χ3n) is 7.81. The van der Waals surface area contributed by atoms with Gasteiger partial charge in [-0.25, -0.2) is 0 Å². The van der Waals surface area contributed by atoms with E-state index in [2.05, 4.69) is 13.0 Å². The lowest BCUT2D eigenvalue weighted by Crippen LogP contribution is -2.35. The minimum Gasteiger partial charge on any atom is -0.508 e. The fourth-order valence-corrected chi connectivity index (χ4v) is 6.09. The van der Waals surface area contributed by atoms with Crippen molar-refractivity contribution in [2.24, 2.45) is 17.8 Å². The third-order valence-corrected chi connectivity index (χ3v) is 7.81. The molecule has 2 aromatic rings. The summed E-state index contributed by atoms with van der Waals surface area (Å²) in [7, 11) is 0. The fraction of sp³-hybridized carbons (Fsp3) is 0.419. The van der Waals surface area contributed by atoms with Crippen molar-refractivity contribution in [2.75, 3.05) is 19.8 Å². The van der Waals surface area contributed by atoms with Crippen LogP contribution in [-0.4, -0.2) is 47.7 Å². The monoisotopic (exact) mass is 501 g/mol. The largest absolute Gasteiger partial charge is 0.508 e. The number of hydrogen-bond donors (Lipinski definition) is 1. The van der Waals surface area contributed by atoms with Gasteiger partial charge in [0.15, 0.2) is 0 Å². The van der Waals surface area contributed by atoms with Crippen LogP contribution in [0.2, 0.25) is 0 Å². The molecule has 4 atom stereocenters. The number of aromatic hydroxyl groups is 1. The highest BCUT2D eigenvalue weighted by atomic mass is 16.5. The molecule has 0 radical (unpaired) electrons. The van der Waals surface area contributed by atoms with E-state index in [1.165, 1.54) is 16.0 Å². The molecule has 5 rings (SSSR count). The van der Waals surface area contributed by atoms with E-state index in [1.807, 2.05) is 49.4 Å². The molecular formula is C31H35NO5. The van der Waals surface area contributed by atoms with Gasteiger partial charge in [0.1, 0.15) is 18.1 Å². The summed E-state index contributed by atoms with van der Waals surface area (Å²) in [5, 5.41) is 9.53. The highest BCUT2D eigenvalue weighted by Gasteiger charge is 2.56. The quantitative estimate of drug-likeness (QED) is 0.369. The van der Waals surface area contributed by atoms with Crippen LogP contribution in [0.3, 0.4) is 0 Å². The molecule has 6 nitrogen and oxygen atoms in total. The van der Waals surface area contributed by atoms with Gasteiger partial charge < -0.3 is 14.6 Å². The number of phenols is 1. The molecule has 2 aromatic carbocycles. The second-order valence-electron chi connectivity index (χ2n) is 10.4. The van der Waals surface area contributed by atoms with Crippen LogP contribution in [0.25, 0.3) is 6.08 Å². The van der Waals surface area contributed by atoms with Crippen molar-refractivity contribution >= 4 is 17.9 Å². The Morgan fingerprint density at radius 3 is 2.57 bits per heavy atom. The number of para-hydroxylation sites is 1.